The minimum absolute atomic E-state index is 0.374. The third-order valence-corrected chi connectivity index (χ3v) is 3.67. The van der Waals surface area contributed by atoms with Gasteiger partial charge >= 0.3 is 0 Å². The quantitative estimate of drug-likeness (QED) is 0.547. The lowest BCUT2D eigenvalue weighted by Gasteiger charge is -2.11. The minimum atomic E-state index is -0.579. The van der Waals surface area contributed by atoms with E-state index in [1.54, 1.807) is 11.8 Å². The number of rotatable bonds is 8. The van der Waals surface area contributed by atoms with Crippen molar-refractivity contribution in [2.75, 3.05) is 13.2 Å². The van der Waals surface area contributed by atoms with E-state index in [4.69, 9.17) is 14.0 Å². The average Bonchev–Trinajstić information content (AvgIpc) is 2.94. The molecule has 0 radical (unpaired) electrons. The Kier molecular flexibility index (Phi) is 6.22. The second-order valence-corrected chi connectivity index (χ2v) is 5.45. The Hall–Kier alpha value is -1.37. The van der Waals surface area contributed by atoms with E-state index in [1.807, 2.05) is 19.9 Å². The van der Waals surface area contributed by atoms with Crippen LogP contribution in [0.15, 0.2) is 33.7 Å². The molecule has 2 rings (SSSR count). The first kappa shape index (κ1) is 16.0. The summed E-state index contributed by atoms with van der Waals surface area (Å²) >= 11 is 1.67. The number of hydrogen-bond acceptors (Lipinski definition) is 6. The monoisotopic (exact) mass is 308 g/mol. The highest BCUT2D eigenvalue weighted by Gasteiger charge is 2.19. The summed E-state index contributed by atoms with van der Waals surface area (Å²) in [5.41, 5.74) is 1.24. The number of nitrogens with zero attached hydrogens (tertiary/aromatic N) is 2. The Morgan fingerprint density at radius 1 is 1.24 bits per heavy atom. The van der Waals surface area contributed by atoms with Crippen LogP contribution in [0, 0.1) is 6.92 Å². The van der Waals surface area contributed by atoms with E-state index >= 15 is 0 Å². The van der Waals surface area contributed by atoms with Crippen LogP contribution in [0.3, 0.4) is 0 Å². The van der Waals surface area contributed by atoms with Gasteiger partial charge in [0.05, 0.1) is 5.75 Å². The maximum atomic E-state index is 5.43. The van der Waals surface area contributed by atoms with Gasteiger partial charge in [0.25, 0.3) is 5.89 Å². The van der Waals surface area contributed by atoms with Crippen LogP contribution in [0.25, 0.3) is 0 Å². The molecular weight excluding hydrogens is 288 g/mol. The number of thioether (sulfide) groups is 1. The van der Waals surface area contributed by atoms with Gasteiger partial charge in [0.1, 0.15) is 0 Å². The zero-order valence-electron chi connectivity index (χ0n) is 12.5. The normalized spacial score (nSPS) is 11.2. The fraction of sp³-hybridized carbons (Fsp3) is 0.467. The van der Waals surface area contributed by atoms with Gasteiger partial charge in [-0.3, -0.25) is 0 Å². The van der Waals surface area contributed by atoms with Crippen molar-refractivity contribution in [2.24, 2.45) is 0 Å². The molecule has 1 heterocycles. The second-order valence-electron chi connectivity index (χ2n) is 4.40. The Labute approximate surface area is 129 Å². The van der Waals surface area contributed by atoms with Gasteiger partial charge in [0.2, 0.25) is 6.29 Å². The minimum Gasteiger partial charge on any atom is -0.345 e. The number of benzene rings is 1. The number of hydrogen-bond donors (Lipinski definition) is 0. The van der Waals surface area contributed by atoms with Crippen molar-refractivity contribution >= 4 is 11.8 Å². The van der Waals surface area contributed by atoms with Crippen molar-refractivity contribution in [1.82, 2.24) is 10.1 Å². The van der Waals surface area contributed by atoms with E-state index in [0.29, 0.717) is 30.7 Å². The van der Waals surface area contributed by atoms with E-state index in [-0.39, 0.29) is 0 Å². The summed E-state index contributed by atoms with van der Waals surface area (Å²) in [5, 5.41) is 3.97. The summed E-state index contributed by atoms with van der Waals surface area (Å²) < 4.78 is 16.1. The van der Waals surface area contributed by atoms with Crippen LogP contribution < -0.4 is 0 Å². The van der Waals surface area contributed by atoms with Crippen LogP contribution in [0.5, 0.6) is 0 Å². The predicted octanol–water partition coefficient (Wildman–Crippen LogP) is 3.74. The lowest BCUT2D eigenvalue weighted by atomic mass is 10.2. The summed E-state index contributed by atoms with van der Waals surface area (Å²) in [6, 6.07) is 8.32. The Morgan fingerprint density at radius 3 is 2.67 bits per heavy atom. The van der Waals surface area contributed by atoms with Gasteiger partial charge in [-0.2, -0.15) is 4.98 Å². The first-order valence-corrected chi connectivity index (χ1v) is 7.96. The van der Waals surface area contributed by atoms with Crippen LogP contribution in [0.1, 0.15) is 37.4 Å². The van der Waals surface area contributed by atoms with Gasteiger partial charge in [-0.05, 0) is 32.9 Å². The van der Waals surface area contributed by atoms with Crippen molar-refractivity contribution in [3.63, 3.8) is 0 Å². The van der Waals surface area contributed by atoms with E-state index in [0.717, 1.165) is 0 Å². The molecule has 1 aromatic carbocycles. The molecule has 0 N–H and O–H groups in total. The molecule has 0 saturated carbocycles. The maximum absolute atomic E-state index is 5.43. The van der Waals surface area contributed by atoms with Crippen molar-refractivity contribution in [2.45, 2.75) is 37.7 Å². The van der Waals surface area contributed by atoms with Crippen LogP contribution in [0.2, 0.25) is 0 Å². The summed E-state index contributed by atoms with van der Waals surface area (Å²) in [5.74, 6) is 1.66. The molecule has 21 heavy (non-hydrogen) atoms. The van der Waals surface area contributed by atoms with Crippen LogP contribution in [-0.4, -0.2) is 23.4 Å². The molecule has 5 nitrogen and oxygen atoms in total. The van der Waals surface area contributed by atoms with Crippen molar-refractivity contribution < 1.29 is 14.0 Å². The molecule has 1 aromatic heterocycles. The van der Waals surface area contributed by atoms with E-state index in [2.05, 4.69) is 35.3 Å². The molecular formula is C15H20N2O3S. The van der Waals surface area contributed by atoms with E-state index < -0.39 is 6.29 Å². The number of aromatic nitrogens is 2. The lowest BCUT2D eigenvalue weighted by Crippen LogP contribution is -2.09. The highest BCUT2D eigenvalue weighted by atomic mass is 32.2. The Balaban J connectivity index is 1.96. The highest BCUT2D eigenvalue weighted by Crippen LogP contribution is 2.24. The summed E-state index contributed by atoms with van der Waals surface area (Å²) in [7, 11) is 0. The molecule has 0 aliphatic carbocycles. The first-order valence-electron chi connectivity index (χ1n) is 6.98. The third kappa shape index (κ3) is 4.84. The topological polar surface area (TPSA) is 57.4 Å². The lowest BCUT2D eigenvalue weighted by molar-refractivity contribution is -0.155. The summed E-state index contributed by atoms with van der Waals surface area (Å²) in [4.78, 5) is 5.52. The van der Waals surface area contributed by atoms with Crippen LogP contribution in [0.4, 0.5) is 0 Å². The molecule has 6 heteroatoms. The van der Waals surface area contributed by atoms with Gasteiger partial charge in [0.15, 0.2) is 5.82 Å². The molecule has 0 atom stereocenters. The zero-order valence-corrected chi connectivity index (χ0v) is 13.4. The molecule has 0 spiro atoms. The molecule has 0 amide bonds. The fourth-order valence-electron chi connectivity index (χ4n) is 1.77. The van der Waals surface area contributed by atoms with E-state index in [1.165, 1.54) is 10.5 Å². The second kappa shape index (κ2) is 8.17. The van der Waals surface area contributed by atoms with Crippen LogP contribution in [-0.2, 0) is 15.2 Å². The Morgan fingerprint density at radius 2 is 2.00 bits per heavy atom. The van der Waals surface area contributed by atoms with Gasteiger partial charge < -0.3 is 14.0 Å². The number of ether oxygens (including phenoxy) is 2. The van der Waals surface area contributed by atoms with Gasteiger partial charge in [-0.15, -0.1) is 11.8 Å². The predicted molar refractivity (Wildman–Crippen MR) is 81.0 cm³/mol. The summed E-state index contributed by atoms with van der Waals surface area (Å²) in [6.45, 7) is 6.93. The third-order valence-electron chi connectivity index (χ3n) is 2.68. The van der Waals surface area contributed by atoms with Crippen molar-refractivity contribution in [3.8, 4) is 0 Å². The largest absolute Gasteiger partial charge is 0.345 e. The first-order chi connectivity index (χ1) is 10.2. The maximum Gasteiger partial charge on any atom is 0.283 e. The van der Waals surface area contributed by atoms with Gasteiger partial charge in [-0.25, -0.2) is 0 Å². The zero-order chi connectivity index (χ0) is 15.1. The molecule has 0 unspecified atom stereocenters. The van der Waals surface area contributed by atoms with Gasteiger partial charge in [0, 0.05) is 18.1 Å². The SMILES string of the molecule is CCOC(OCC)c1nc(CSc2cccc(C)c2)no1. The molecule has 0 aliphatic rings. The van der Waals surface area contributed by atoms with Crippen LogP contribution >= 0.6 is 11.8 Å². The molecule has 0 fully saturated rings. The molecule has 2 aromatic rings. The average molecular weight is 308 g/mol. The van der Waals surface area contributed by atoms with Crippen molar-refractivity contribution in [3.05, 3.63) is 41.5 Å². The number of aryl methyl sites for hydroxylation is 1. The van der Waals surface area contributed by atoms with E-state index in [9.17, 15) is 0 Å². The Bertz CT molecular complexity index is 553. The molecule has 0 bridgehead atoms. The van der Waals surface area contributed by atoms with Gasteiger partial charge in [-0.1, -0.05) is 22.9 Å². The molecule has 0 saturated heterocycles. The summed E-state index contributed by atoms with van der Waals surface area (Å²) in [6.07, 6.45) is -0.579. The smallest absolute Gasteiger partial charge is 0.283 e. The highest BCUT2D eigenvalue weighted by molar-refractivity contribution is 7.98. The fourth-order valence-corrected chi connectivity index (χ4v) is 2.63. The molecule has 114 valence electrons. The standard InChI is InChI=1S/C15H20N2O3S/c1-4-18-15(19-5-2)14-16-13(17-20-14)10-21-12-8-6-7-11(3)9-12/h6-9,15H,4-5,10H2,1-3H3. The van der Waals surface area contributed by atoms with Crippen molar-refractivity contribution in [1.29, 1.82) is 0 Å². The molecule has 0 aliphatic heterocycles.